The van der Waals surface area contributed by atoms with Gasteiger partial charge in [0.1, 0.15) is 5.69 Å². The molecule has 0 bridgehead atoms. The van der Waals surface area contributed by atoms with Crippen LogP contribution in [-0.2, 0) is 6.54 Å². The molecule has 0 aromatic carbocycles. The number of rotatable bonds is 5. The van der Waals surface area contributed by atoms with E-state index in [-0.39, 0.29) is 5.69 Å². The summed E-state index contributed by atoms with van der Waals surface area (Å²) in [6.07, 6.45) is 5.27. The van der Waals surface area contributed by atoms with Crippen LogP contribution in [-0.4, -0.2) is 22.6 Å². The summed E-state index contributed by atoms with van der Waals surface area (Å²) < 4.78 is 0. The third-order valence-corrected chi connectivity index (χ3v) is 3.90. The Bertz CT molecular complexity index is 426. The van der Waals surface area contributed by atoms with E-state index in [0.717, 1.165) is 24.1 Å². The van der Waals surface area contributed by atoms with Gasteiger partial charge in [-0.1, -0.05) is 25.8 Å². The third-order valence-electron chi connectivity index (χ3n) is 3.90. The number of carbonyl (C=O) groups is 1. The van der Waals surface area contributed by atoms with Crippen molar-refractivity contribution in [3.8, 4) is 0 Å². The molecule has 1 aliphatic rings. The second-order valence-electron chi connectivity index (χ2n) is 5.58. The number of hydrogen-bond donors (Lipinski definition) is 2. The van der Waals surface area contributed by atoms with Crippen LogP contribution in [0.4, 0.5) is 0 Å². The highest BCUT2D eigenvalue weighted by atomic mass is 16.4. The molecular formula is C15H22N2O2. The molecule has 19 heavy (non-hydrogen) atoms. The first-order chi connectivity index (χ1) is 9.15. The van der Waals surface area contributed by atoms with Crippen molar-refractivity contribution in [1.82, 2.24) is 10.3 Å². The molecule has 1 aromatic heterocycles. The molecule has 0 atom stereocenters. The Labute approximate surface area is 114 Å². The van der Waals surface area contributed by atoms with Gasteiger partial charge in [0.15, 0.2) is 0 Å². The number of aromatic nitrogens is 1. The summed E-state index contributed by atoms with van der Waals surface area (Å²) in [5, 5.41) is 12.3. The summed E-state index contributed by atoms with van der Waals surface area (Å²) in [6, 6.07) is 5.13. The minimum atomic E-state index is -0.969. The van der Waals surface area contributed by atoms with Crippen LogP contribution in [0.1, 0.15) is 48.8 Å². The quantitative estimate of drug-likeness (QED) is 0.856. The predicted octanol–water partition coefficient (Wildman–Crippen LogP) is 2.70. The van der Waals surface area contributed by atoms with E-state index < -0.39 is 5.97 Å². The van der Waals surface area contributed by atoms with Crippen molar-refractivity contribution in [2.75, 3.05) is 6.54 Å². The maximum Gasteiger partial charge on any atom is 0.354 e. The van der Waals surface area contributed by atoms with Crippen molar-refractivity contribution in [3.63, 3.8) is 0 Å². The van der Waals surface area contributed by atoms with Crippen molar-refractivity contribution >= 4 is 5.97 Å². The standard InChI is InChI=1S/C15H22N2O2/c1-11-5-7-12(8-6-11)9-16-10-13-3-2-4-14(17-13)15(18)19/h2-4,11-12,16H,5-10H2,1H3,(H,18,19). The maximum atomic E-state index is 10.8. The highest BCUT2D eigenvalue weighted by Gasteiger charge is 2.17. The molecule has 4 nitrogen and oxygen atoms in total. The molecule has 1 aromatic rings. The summed E-state index contributed by atoms with van der Waals surface area (Å²) in [7, 11) is 0. The smallest absolute Gasteiger partial charge is 0.354 e. The Kier molecular flexibility index (Phi) is 4.91. The van der Waals surface area contributed by atoms with Gasteiger partial charge in [-0.3, -0.25) is 0 Å². The fraction of sp³-hybridized carbons (Fsp3) is 0.600. The topological polar surface area (TPSA) is 62.2 Å². The number of aromatic carboxylic acids is 1. The van der Waals surface area contributed by atoms with Gasteiger partial charge in [0, 0.05) is 6.54 Å². The first-order valence-electron chi connectivity index (χ1n) is 7.05. The van der Waals surface area contributed by atoms with E-state index in [0.29, 0.717) is 6.54 Å². The van der Waals surface area contributed by atoms with E-state index in [9.17, 15) is 4.79 Å². The Morgan fingerprint density at radius 1 is 1.37 bits per heavy atom. The van der Waals surface area contributed by atoms with Crippen LogP contribution in [0.3, 0.4) is 0 Å². The average Bonchev–Trinajstić information content (AvgIpc) is 2.41. The number of pyridine rings is 1. The summed E-state index contributed by atoms with van der Waals surface area (Å²) in [5.41, 5.74) is 0.912. The molecule has 1 fully saturated rings. The van der Waals surface area contributed by atoms with Crippen LogP contribution < -0.4 is 5.32 Å². The van der Waals surface area contributed by atoms with Gasteiger partial charge >= 0.3 is 5.97 Å². The van der Waals surface area contributed by atoms with E-state index >= 15 is 0 Å². The van der Waals surface area contributed by atoms with E-state index in [1.54, 1.807) is 6.07 Å². The number of nitrogens with one attached hydrogen (secondary N) is 1. The Morgan fingerprint density at radius 3 is 2.79 bits per heavy atom. The van der Waals surface area contributed by atoms with Crippen LogP contribution >= 0.6 is 0 Å². The Morgan fingerprint density at radius 2 is 2.11 bits per heavy atom. The van der Waals surface area contributed by atoms with Crippen LogP contribution in [0, 0.1) is 11.8 Å². The average molecular weight is 262 g/mol. The predicted molar refractivity (Wildman–Crippen MR) is 74.0 cm³/mol. The molecule has 2 rings (SSSR count). The van der Waals surface area contributed by atoms with E-state index in [2.05, 4.69) is 17.2 Å². The number of hydrogen-bond acceptors (Lipinski definition) is 3. The molecule has 104 valence electrons. The molecule has 0 spiro atoms. The van der Waals surface area contributed by atoms with Crippen molar-refractivity contribution in [1.29, 1.82) is 0 Å². The van der Waals surface area contributed by atoms with Crippen molar-refractivity contribution in [2.45, 2.75) is 39.2 Å². The largest absolute Gasteiger partial charge is 0.477 e. The Hall–Kier alpha value is -1.42. The molecule has 0 unspecified atom stereocenters. The molecule has 0 aliphatic heterocycles. The van der Waals surface area contributed by atoms with Gasteiger partial charge in [0.05, 0.1) is 5.69 Å². The fourth-order valence-corrected chi connectivity index (χ4v) is 2.63. The molecule has 0 amide bonds. The van der Waals surface area contributed by atoms with Gasteiger partial charge in [-0.25, -0.2) is 9.78 Å². The highest BCUT2D eigenvalue weighted by Crippen LogP contribution is 2.27. The molecule has 1 aliphatic carbocycles. The summed E-state index contributed by atoms with van der Waals surface area (Å²) in [4.78, 5) is 14.9. The lowest BCUT2D eigenvalue weighted by atomic mass is 9.83. The normalized spacial score (nSPS) is 23.2. The van der Waals surface area contributed by atoms with Crippen molar-refractivity contribution in [3.05, 3.63) is 29.6 Å². The molecule has 1 saturated carbocycles. The lowest BCUT2D eigenvalue weighted by Crippen LogP contribution is -2.26. The van der Waals surface area contributed by atoms with Gasteiger partial charge in [0.25, 0.3) is 0 Å². The van der Waals surface area contributed by atoms with Gasteiger partial charge in [-0.2, -0.15) is 0 Å². The van der Waals surface area contributed by atoms with Crippen molar-refractivity contribution in [2.24, 2.45) is 11.8 Å². The van der Waals surface area contributed by atoms with Crippen LogP contribution in [0.2, 0.25) is 0 Å². The zero-order valence-corrected chi connectivity index (χ0v) is 11.4. The summed E-state index contributed by atoms with van der Waals surface area (Å²) in [5.74, 6) is 0.673. The molecular weight excluding hydrogens is 240 g/mol. The zero-order valence-electron chi connectivity index (χ0n) is 11.4. The molecule has 2 N–H and O–H groups in total. The van der Waals surface area contributed by atoms with Gasteiger partial charge < -0.3 is 10.4 Å². The van der Waals surface area contributed by atoms with Crippen molar-refractivity contribution < 1.29 is 9.90 Å². The molecule has 0 saturated heterocycles. The van der Waals surface area contributed by atoms with E-state index in [1.807, 2.05) is 6.07 Å². The summed E-state index contributed by atoms with van der Waals surface area (Å²) >= 11 is 0. The van der Waals surface area contributed by atoms with E-state index in [1.165, 1.54) is 31.7 Å². The zero-order chi connectivity index (χ0) is 13.7. The first kappa shape index (κ1) is 14.0. The molecule has 0 radical (unpaired) electrons. The van der Waals surface area contributed by atoms with Crippen LogP contribution in [0.15, 0.2) is 18.2 Å². The highest BCUT2D eigenvalue weighted by molar-refractivity contribution is 5.85. The van der Waals surface area contributed by atoms with Gasteiger partial charge in [0.2, 0.25) is 0 Å². The maximum absolute atomic E-state index is 10.8. The Balaban J connectivity index is 1.76. The minimum absolute atomic E-state index is 0.116. The number of carboxylic acids is 1. The minimum Gasteiger partial charge on any atom is -0.477 e. The van der Waals surface area contributed by atoms with Crippen LogP contribution in [0.25, 0.3) is 0 Å². The first-order valence-corrected chi connectivity index (χ1v) is 7.05. The second kappa shape index (κ2) is 6.66. The number of carboxylic acid groups (broad SMARTS) is 1. The second-order valence-corrected chi connectivity index (χ2v) is 5.58. The fourth-order valence-electron chi connectivity index (χ4n) is 2.63. The molecule has 1 heterocycles. The number of nitrogens with zero attached hydrogens (tertiary/aromatic N) is 1. The SMILES string of the molecule is CC1CCC(CNCc2cccc(C(=O)O)n2)CC1. The molecule has 4 heteroatoms. The lowest BCUT2D eigenvalue weighted by Gasteiger charge is -2.26. The van der Waals surface area contributed by atoms with Gasteiger partial charge in [-0.15, -0.1) is 0 Å². The summed E-state index contributed by atoms with van der Waals surface area (Å²) in [6.45, 7) is 3.98. The lowest BCUT2D eigenvalue weighted by molar-refractivity contribution is 0.0690. The van der Waals surface area contributed by atoms with Crippen LogP contribution in [0.5, 0.6) is 0 Å². The monoisotopic (exact) mass is 262 g/mol. The third kappa shape index (κ3) is 4.31. The van der Waals surface area contributed by atoms with Gasteiger partial charge in [-0.05, 0) is 43.4 Å². The van der Waals surface area contributed by atoms with E-state index in [4.69, 9.17) is 5.11 Å².